The topological polar surface area (TPSA) is 67.8 Å². The van der Waals surface area contributed by atoms with E-state index in [0.717, 1.165) is 12.8 Å². The summed E-state index contributed by atoms with van der Waals surface area (Å²) in [7, 11) is 0. The third kappa shape index (κ3) is 3.46. The summed E-state index contributed by atoms with van der Waals surface area (Å²) in [6.07, 6.45) is 3.75. The molecule has 0 aliphatic carbocycles. The van der Waals surface area contributed by atoms with E-state index in [2.05, 4.69) is 36.3 Å². The predicted octanol–water partition coefficient (Wildman–Crippen LogP) is 2.46. The summed E-state index contributed by atoms with van der Waals surface area (Å²) in [6, 6.07) is 6.44. The minimum Gasteiger partial charge on any atom is -0.361 e. The molecule has 1 aromatic heterocycles. The van der Waals surface area contributed by atoms with Gasteiger partial charge in [-0.3, -0.25) is 0 Å². The van der Waals surface area contributed by atoms with Crippen molar-refractivity contribution in [3.63, 3.8) is 0 Å². The Hall–Kier alpha value is -1.03. The van der Waals surface area contributed by atoms with Gasteiger partial charge in [0.25, 0.3) is 0 Å². The molecule has 2 rings (SSSR count). The molecule has 3 nitrogen and oxygen atoms in total. The lowest BCUT2D eigenvalue weighted by atomic mass is 10.0. The van der Waals surface area contributed by atoms with E-state index in [1.807, 2.05) is 6.92 Å². The molecule has 5 N–H and O–H groups in total. The number of benzene rings is 1. The fraction of sp³-hybridized carbons (Fsp3) is 0.385. The van der Waals surface area contributed by atoms with Crippen molar-refractivity contribution < 1.29 is 0 Å². The van der Waals surface area contributed by atoms with E-state index in [4.69, 9.17) is 11.5 Å². The standard InChI is InChI=1S/C13H19N3.ClH/c1-9-3-4-11-10(5-6-13(2,14)15)8-16-12(11)7-9;/h3-4,7-8,16H,5-6,14-15H2,1-2H3;1H. The third-order valence-corrected chi connectivity index (χ3v) is 2.86. The van der Waals surface area contributed by atoms with Crippen molar-refractivity contribution in [1.82, 2.24) is 4.98 Å². The monoisotopic (exact) mass is 253 g/mol. The number of fused-ring (bicyclic) bond motifs is 1. The number of H-pyrrole nitrogens is 1. The molecule has 0 amide bonds. The highest BCUT2D eigenvalue weighted by molar-refractivity contribution is 5.85. The van der Waals surface area contributed by atoms with Crippen LogP contribution < -0.4 is 11.5 Å². The second-order valence-corrected chi connectivity index (χ2v) is 4.87. The summed E-state index contributed by atoms with van der Waals surface area (Å²) < 4.78 is 0. The molecule has 0 unspecified atom stereocenters. The molecule has 0 radical (unpaired) electrons. The van der Waals surface area contributed by atoms with Crippen LogP contribution in [0.25, 0.3) is 10.9 Å². The van der Waals surface area contributed by atoms with Gasteiger partial charge < -0.3 is 16.5 Å². The fourth-order valence-corrected chi connectivity index (χ4v) is 1.91. The van der Waals surface area contributed by atoms with Crippen molar-refractivity contribution in [2.24, 2.45) is 11.5 Å². The van der Waals surface area contributed by atoms with Crippen molar-refractivity contribution in [2.45, 2.75) is 32.4 Å². The molecule has 17 heavy (non-hydrogen) atoms. The number of hydrogen-bond acceptors (Lipinski definition) is 2. The lowest BCUT2D eigenvalue weighted by Gasteiger charge is -2.17. The van der Waals surface area contributed by atoms with Crippen LogP contribution in [0.5, 0.6) is 0 Å². The minimum absolute atomic E-state index is 0. The molecular weight excluding hydrogens is 234 g/mol. The molecule has 1 heterocycles. The van der Waals surface area contributed by atoms with E-state index >= 15 is 0 Å². The molecule has 0 saturated heterocycles. The van der Waals surface area contributed by atoms with Gasteiger partial charge in [0.2, 0.25) is 0 Å². The first kappa shape index (κ1) is 14.0. The van der Waals surface area contributed by atoms with Crippen molar-refractivity contribution >= 4 is 23.3 Å². The zero-order valence-corrected chi connectivity index (χ0v) is 11.1. The van der Waals surface area contributed by atoms with Gasteiger partial charge in [-0.1, -0.05) is 12.1 Å². The van der Waals surface area contributed by atoms with Crippen LogP contribution in [0, 0.1) is 6.92 Å². The van der Waals surface area contributed by atoms with Crippen LogP contribution in [0.2, 0.25) is 0 Å². The molecule has 1 aromatic carbocycles. The number of nitrogens with two attached hydrogens (primary N) is 2. The maximum atomic E-state index is 5.79. The summed E-state index contributed by atoms with van der Waals surface area (Å²) >= 11 is 0. The van der Waals surface area contributed by atoms with Gasteiger partial charge in [0.05, 0.1) is 5.66 Å². The van der Waals surface area contributed by atoms with Crippen LogP contribution in [0.3, 0.4) is 0 Å². The lowest BCUT2D eigenvalue weighted by molar-refractivity contribution is 0.451. The van der Waals surface area contributed by atoms with Crippen LogP contribution in [0.1, 0.15) is 24.5 Å². The number of aryl methyl sites for hydroxylation is 2. The summed E-state index contributed by atoms with van der Waals surface area (Å²) in [5.74, 6) is 0. The first-order chi connectivity index (χ1) is 7.46. The molecule has 0 atom stereocenters. The number of aromatic nitrogens is 1. The van der Waals surface area contributed by atoms with Gasteiger partial charge in [-0.2, -0.15) is 0 Å². The minimum atomic E-state index is -0.589. The average molecular weight is 254 g/mol. The number of aromatic amines is 1. The van der Waals surface area contributed by atoms with E-state index in [1.54, 1.807) is 0 Å². The van der Waals surface area contributed by atoms with Crippen molar-refractivity contribution in [1.29, 1.82) is 0 Å². The summed E-state index contributed by atoms with van der Waals surface area (Å²) in [5.41, 5.74) is 14.7. The first-order valence-electron chi connectivity index (χ1n) is 5.60. The second-order valence-electron chi connectivity index (χ2n) is 4.87. The maximum Gasteiger partial charge on any atom is 0.0610 e. The summed E-state index contributed by atoms with van der Waals surface area (Å²) in [5, 5.41) is 1.27. The largest absolute Gasteiger partial charge is 0.361 e. The van der Waals surface area contributed by atoms with Crippen LogP contribution >= 0.6 is 12.4 Å². The van der Waals surface area contributed by atoms with E-state index in [9.17, 15) is 0 Å². The van der Waals surface area contributed by atoms with Crippen LogP contribution in [0.4, 0.5) is 0 Å². The van der Waals surface area contributed by atoms with E-state index in [1.165, 1.54) is 22.0 Å². The highest BCUT2D eigenvalue weighted by atomic mass is 35.5. The Kier molecular flexibility index (Phi) is 4.20. The Bertz CT molecular complexity index is 497. The third-order valence-electron chi connectivity index (χ3n) is 2.86. The summed E-state index contributed by atoms with van der Waals surface area (Å²) in [4.78, 5) is 3.28. The van der Waals surface area contributed by atoms with Gasteiger partial charge in [-0.25, -0.2) is 0 Å². The SMILES string of the molecule is Cc1ccc2c(CCC(C)(N)N)c[nH]c2c1.Cl. The molecule has 0 saturated carbocycles. The average Bonchev–Trinajstić information content (AvgIpc) is 2.56. The zero-order valence-electron chi connectivity index (χ0n) is 10.3. The maximum absolute atomic E-state index is 5.79. The van der Waals surface area contributed by atoms with Crippen LogP contribution in [-0.2, 0) is 6.42 Å². The smallest absolute Gasteiger partial charge is 0.0610 e. The van der Waals surface area contributed by atoms with Crippen LogP contribution in [-0.4, -0.2) is 10.6 Å². The number of rotatable bonds is 3. The van der Waals surface area contributed by atoms with E-state index in [-0.39, 0.29) is 12.4 Å². The zero-order chi connectivity index (χ0) is 11.8. The van der Waals surface area contributed by atoms with Gasteiger partial charge in [0, 0.05) is 17.1 Å². The molecule has 0 bridgehead atoms. The first-order valence-corrected chi connectivity index (χ1v) is 5.60. The Labute approximate surface area is 108 Å². The normalized spacial score (nSPS) is 11.5. The summed E-state index contributed by atoms with van der Waals surface area (Å²) in [6.45, 7) is 3.95. The number of hydrogen-bond donors (Lipinski definition) is 3. The van der Waals surface area contributed by atoms with Gasteiger partial charge in [0.15, 0.2) is 0 Å². The predicted molar refractivity (Wildman–Crippen MR) is 75.4 cm³/mol. The lowest BCUT2D eigenvalue weighted by Crippen LogP contribution is -2.46. The molecule has 0 fully saturated rings. The molecule has 0 spiro atoms. The Morgan fingerprint density at radius 2 is 2.00 bits per heavy atom. The quantitative estimate of drug-likeness (QED) is 0.736. The highest BCUT2D eigenvalue weighted by Crippen LogP contribution is 2.21. The van der Waals surface area contributed by atoms with Crippen molar-refractivity contribution in [3.8, 4) is 0 Å². The molecule has 2 aromatic rings. The Morgan fingerprint density at radius 3 is 2.65 bits per heavy atom. The second kappa shape index (κ2) is 5.08. The Balaban J connectivity index is 0.00000144. The van der Waals surface area contributed by atoms with Crippen LogP contribution in [0.15, 0.2) is 24.4 Å². The van der Waals surface area contributed by atoms with E-state index in [0.29, 0.717) is 0 Å². The van der Waals surface area contributed by atoms with Gasteiger partial charge >= 0.3 is 0 Å². The highest BCUT2D eigenvalue weighted by Gasteiger charge is 2.12. The molecule has 94 valence electrons. The number of halogens is 1. The molecule has 0 aliphatic rings. The van der Waals surface area contributed by atoms with E-state index < -0.39 is 5.66 Å². The van der Waals surface area contributed by atoms with Gasteiger partial charge in [0.1, 0.15) is 0 Å². The molecule has 4 heteroatoms. The fourth-order valence-electron chi connectivity index (χ4n) is 1.91. The molecule has 0 aliphatic heterocycles. The van der Waals surface area contributed by atoms with Crippen molar-refractivity contribution in [2.75, 3.05) is 0 Å². The molecular formula is C13H20ClN3. The van der Waals surface area contributed by atoms with Gasteiger partial charge in [-0.05, 0) is 43.9 Å². The van der Waals surface area contributed by atoms with Crippen molar-refractivity contribution in [3.05, 3.63) is 35.5 Å². The number of nitrogens with one attached hydrogen (secondary N) is 1. The van der Waals surface area contributed by atoms with Gasteiger partial charge in [-0.15, -0.1) is 12.4 Å². The Morgan fingerprint density at radius 1 is 1.29 bits per heavy atom.